The summed E-state index contributed by atoms with van der Waals surface area (Å²) in [7, 11) is 0. The van der Waals surface area contributed by atoms with E-state index in [1.807, 2.05) is 49.1 Å². The number of guanidine groups is 1. The lowest BCUT2D eigenvalue weighted by molar-refractivity contribution is -0.132. The van der Waals surface area contributed by atoms with E-state index in [4.69, 9.17) is 5.84 Å². The molecule has 1 aliphatic heterocycles. The van der Waals surface area contributed by atoms with Gasteiger partial charge in [0.05, 0.1) is 5.69 Å². The van der Waals surface area contributed by atoms with Crippen LogP contribution in [0.4, 0.5) is 5.69 Å². The highest BCUT2D eigenvalue weighted by Gasteiger charge is 2.39. The predicted octanol–water partition coefficient (Wildman–Crippen LogP) is 0.348. The summed E-state index contributed by atoms with van der Waals surface area (Å²) in [6, 6.07) is 9.50. The van der Waals surface area contributed by atoms with Gasteiger partial charge in [-0.1, -0.05) is 18.2 Å². The second-order valence-corrected chi connectivity index (χ2v) is 4.88. The van der Waals surface area contributed by atoms with Crippen LogP contribution in [0.15, 0.2) is 35.3 Å². The minimum absolute atomic E-state index is 0.0326. The Balaban J connectivity index is 2.31. The van der Waals surface area contributed by atoms with E-state index in [2.05, 4.69) is 15.7 Å². The fourth-order valence-electron chi connectivity index (χ4n) is 2.07. The van der Waals surface area contributed by atoms with Gasteiger partial charge in [0, 0.05) is 13.1 Å². The number of para-hydroxylation sites is 1. The third kappa shape index (κ3) is 2.68. The van der Waals surface area contributed by atoms with E-state index < -0.39 is 5.54 Å². The molecule has 0 aliphatic carbocycles. The first-order valence-electron chi connectivity index (χ1n) is 6.22. The maximum Gasteiger partial charge on any atom is 0.245 e. The first-order chi connectivity index (χ1) is 9.05. The summed E-state index contributed by atoms with van der Waals surface area (Å²) < 4.78 is 0. The summed E-state index contributed by atoms with van der Waals surface area (Å²) in [6.45, 7) is 4.94. The highest BCUT2D eigenvalue weighted by Crippen LogP contribution is 2.19. The molecule has 0 unspecified atom stereocenters. The maximum absolute atomic E-state index is 11.9. The van der Waals surface area contributed by atoms with E-state index >= 15 is 0 Å². The third-order valence-electron chi connectivity index (χ3n) is 3.23. The number of carbonyl (C=O) groups is 1. The van der Waals surface area contributed by atoms with E-state index in [0.717, 1.165) is 5.69 Å². The lowest BCUT2D eigenvalue weighted by Gasteiger charge is -2.42. The van der Waals surface area contributed by atoms with Crippen molar-refractivity contribution in [2.45, 2.75) is 19.4 Å². The Bertz CT molecular complexity index is 483. The molecular weight excluding hydrogens is 242 g/mol. The molecule has 1 amide bonds. The summed E-state index contributed by atoms with van der Waals surface area (Å²) in [5.74, 6) is 6.02. The lowest BCUT2D eigenvalue weighted by atomic mass is 9.99. The van der Waals surface area contributed by atoms with E-state index in [9.17, 15) is 4.79 Å². The largest absolute Gasteiger partial charge is 0.352 e. The normalized spacial score (nSPS) is 19.0. The molecule has 0 radical (unpaired) electrons. The molecule has 102 valence electrons. The van der Waals surface area contributed by atoms with Crippen LogP contribution in [0.25, 0.3) is 0 Å². The zero-order chi connectivity index (χ0) is 13.9. The molecule has 4 N–H and O–H groups in total. The van der Waals surface area contributed by atoms with E-state index in [-0.39, 0.29) is 5.91 Å². The molecule has 2 rings (SSSR count). The molecule has 1 heterocycles. The number of nitrogens with one attached hydrogen (secondary N) is 2. The molecule has 1 aliphatic rings. The fraction of sp³-hybridized carbons (Fsp3) is 0.385. The van der Waals surface area contributed by atoms with Crippen molar-refractivity contribution >= 4 is 17.6 Å². The Morgan fingerprint density at radius 1 is 1.42 bits per heavy atom. The van der Waals surface area contributed by atoms with Crippen molar-refractivity contribution in [2.75, 3.05) is 13.1 Å². The van der Waals surface area contributed by atoms with Crippen molar-refractivity contribution in [1.29, 1.82) is 0 Å². The number of nitrogens with zero attached hydrogens (tertiary/aromatic N) is 2. The Morgan fingerprint density at radius 2 is 2.11 bits per heavy atom. The van der Waals surface area contributed by atoms with Gasteiger partial charge < -0.3 is 10.2 Å². The Kier molecular flexibility index (Phi) is 3.71. The quantitative estimate of drug-likeness (QED) is 0.295. The minimum Gasteiger partial charge on any atom is -0.352 e. The zero-order valence-electron chi connectivity index (χ0n) is 11.2. The number of aliphatic imine (C=N–C) groups is 1. The number of piperazine rings is 1. The molecule has 1 aromatic rings. The van der Waals surface area contributed by atoms with Crippen LogP contribution in [0.5, 0.6) is 0 Å². The number of rotatable bonds is 1. The molecule has 6 nitrogen and oxygen atoms in total. The summed E-state index contributed by atoms with van der Waals surface area (Å²) in [6.07, 6.45) is 0. The van der Waals surface area contributed by atoms with Crippen LogP contribution in [0.2, 0.25) is 0 Å². The molecular formula is C13H19N5O. The van der Waals surface area contributed by atoms with Crippen molar-refractivity contribution in [1.82, 2.24) is 15.6 Å². The van der Waals surface area contributed by atoms with Crippen molar-refractivity contribution in [3.8, 4) is 0 Å². The van der Waals surface area contributed by atoms with Gasteiger partial charge in [-0.15, -0.1) is 0 Å². The molecule has 1 aromatic carbocycles. The van der Waals surface area contributed by atoms with E-state index in [0.29, 0.717) is 19.0 Å². The van der Waals surface area contributed by atoms with Gasteiger partial charge in [0.15, 0.2) is 0 Å². The maximum atomic E-state index is 11.9. The van der Waals surface area contributed by atoms with E-state index in [1.54, 1.807) is 0 Å². The number of hydrogen-bond acceptors (Lipinski definition) is 3. The molecule has 0 atom stereocenters. The van der Waals surface area contributed by atoms with Crippen LogP contribution in [-0.4, -0.2) is 35.4 Å². The summed E-state index contributed by atoms with van der Waals surface area (Å²) in [4.78, 5) is 18.3. The van der Waals surface area contributed by atoms with Crippen molar-refractivity contribution < 1.29 is 4.79 Å². The smallest absolute Gasteiger partial charge is 0.245 e. The summed E-state index contributed by atoms with van der Waals surface area (Å²) >= 11 is 0. The molecule has 1 fully saturated rings. The van der Waals surface area contributed by atoms with Crippen LogP contribution in [0.1, 0.15) is 13.8 Å². The Morgan fingerprint density at radius 3 is 2.74 bits per heavy atom. The van der Waals surface area contributed by atoms with Crippen LogP contribution >= 0.6 is 0 Å². The number of hydrogen-bond donors (Lipinski definition) is 3. The Labute approximate surface area is 112 Å². The first kappa shape index (κ1) is 13.4. The summed E-state index contributed by atoms with van der Waals surface area (Å²) in [5.41, 5.74) is 2.70. The number of hydrazine groups is 1. The van der Waals surface area contributed by atoms with Crippen LogP contribution in [0, 0.1) is 0 Å². The van der Waals surface area contributed by atoms with Gasteiger partial charge in [0.2, 0.25) is 11.9 Å². The third-order valence-corrected chi connectivity index (χ3v) is 3.23. The highest BCUT2D eigenvalue weighted by atomic mass is 16.2. The molecule has 1 saturated heterocycles. The van der Waals surface area contributed by atoms with Gasteiger partial charge in [-0.25, -0.2) is 10.8 Å². The van der Waals surface area contributed by atoms with Crippen molar-refractivity contribution in [3.63, 3.8) is 0 Å². The second kappa shape index (κ2) is 5.27. The number of nitrogens with two attached hydrogens (primary N) is 1. The molecule has 0 spiro atoms. The van der Waals surface area contributed by atoms with E-state index in [1.165, 1.54) is 0 Å². The molecule has 0 aromatic heterocycles. The fourth-order valence-corrected chi connectivity index (χ4v) is 2.07. The topological polar surface area (TPSA) is 82.8 Å². The van der Waals surface area contributed by atoms with Crippen molar-refractivity contribution in [2.24, 2.45) is 10.8 Å². The van der Waals surface area contributed by atoms with Crippen LogP contribution < -0.4 is 16.6 Å². The monoisotopic (exact) mass is 261 g/mol. The van der Waals surface area contributed by atoms with Gasteiger partial charge in [-0.3, -0.25) is 10.2 Å². The number of benzene rings is 1. The Hall–Kier alpha value is -2.08. The average Bonchev–Trinajstić information content (AvgIpc) is 2.41. The zero-order valence-corrected chi connectivity index (χ0v) is 11.2. The average molecular weight is 261 g/mol. The highest BCUT2D eigenvalue weighted by molar-refractivity contribution is 5.93. The summed E-state index contributed by atoms with van der Waals surface area (Å²) in [5, 5.41) is 2.84. The van der Waals surface area contributed by atoms with Crippen LogP contribution in [0.3, 0.4) is 0 Å². The molecule has 19 heavy (non-hydrogen) atoms. The SMILES string of the molecule is CC1(C)C(=O)NCCN1C(=Nc1ccccc1)NN. The predicted molar refractivity (Wildman–Crippen MR) is 74.7 cm³/mol. The molecule has 0 bridgehead atoms. The number of carbonyl (C=O) groups excluding carboxylic acids is 1. The molecule has 0 saturated carbocycles. The number of amides is 1. The first-order valence-corrected chi connectivity index (χ1v) is 6.22. The van der Waals surface area contributed by atoms with Crippen molar-refractivity contribution in [3.05, 3.63) is 30.3 Å². The van der Waals surface area contributed by atoms with Gasteiger partial charge >= 0.3 is 0 Å². The van der Waals surface area contributed by atoms with Crippen LogP contribution in [-0.2, 0) is 4.79 Å². The minimum atomic E-state index is -0.682. The molecule has 6 heteroatoms. The second-order valence-electron chi connectivity index (χ2n) is 4.88. The lowest BCUT2D eigenvalue weighted by Crippen LogP contribution is -2.66. The standard InChI is InChI=1S/C13H19N5O/c1-13(2)11(19)15-8-9-18(13)12(17-14)16-10-6-4-3-5-7-10/h3-7H,8-9,14H2,1-2H3,(H,15,19)(H,16,17). The van der Waals surface area contributed by atoms with Gasteiger partial charge in [0.1, 0.15) is 5.54 Å². The van der Waals surface area contributed by atoms with Gasteiger partial charge in [0.25, 0.3) is 0 Å². The van der Waals surface area contributed by atoms with Gasteiger partial charge in [-0.05, 0) is 26.0 Å². The van der Waals surface area contributed by atoms with Gasteiger partial charge in [-0.2, -0.15) is 0 Å².